The van der Waals surface area contributed by atoms with Gasteiger partial charge in [0.1, 0.15) is 5.75 Å². The van der Waals surface area contributed by atoms with E-state index in [1.807, 2.05) is 68.4 Å². The molecule has 2 heterocycles. The number of aryl methyl sites for hydroxylation is 1. The Bertz CT molecular complexity index is 1420. The molecule has 0 unspecified atom stereocenters. The molecule has 0 bridgehead atoms. The molecule has 1 aliphatic heterocycles. The van der Waals surface area contributed by atoms with Crippen molar-refractivity contribution in [3.05, 3.63) is 98.4 Å². The third-order valence-electron chi connectivity index (χ3n) is 5.70. The van der Waals surface area contributed by atoms with Gasteiger partial charge in [0.25, 0.3) is 5.91 Å². The predicted octanol–water partition coefficient (Wildman–Crippen LogP) is 5.77. The number of dihydropyridines is 1. The molecule has 0 spiro atoms. The number of thiophene rings is 1. The van der Waals surface area contributed by atoms with Gasteiger partial charge >= 0.3 is 0 Å². The number of rotatable bonds is 8. The number of hydrogen-bond donors (Lipinski definition) is 3. The van der Waals surface area contributed by atoms with Crippen LogP contribution in [0.1, 0.15) is 22.6 Å². The van der Waals surface area contributed by atoms with E-state index in [0.29, 0.717) is 39.0 Å². The molecule has 1 aliphatic rings. The number of carbonyl (C=O) groups excluding carboxylic acids is 2. The maximum atomic E-state index is 13.6. The number of para-hydroxylation sites is 3. The van der Waals surface area contributed by atoms with Gasteiger partial charge in [-0.25, -0.2) is 0 Å². The van der Waals surface area contributed by atoms with Gasteiger partial charge in [-0.05, 0) is 50.2 Å². The van der Waals surface area contributed by atoms with Crippen LogP contribution in [0.2, 0.25) is 0 Å². The Morgan fingerprint density at radius 3 is 2.46 bits per heavy atom. The molecule has 3 N–H and O–H groups in total. The summed E-state index contributed by atoms with van der Waals surface area (Å²) < 4.78 is 5.38. The first-order valence-electron chi connectivity index (χ1n) is 11.5. The molecular weight excluding hydrogens is 504 g/mol. The van der Waals surface area contributed by atoms with Gasteiger partial charge < -0.3 is 20.7 Å². The smallest absolute Gasteiger partial charge is 0.254 e. The quantitative estimate of drug-likeness (QED) is 0.342. The summed E-state index contributed by atoms with van der Waals surface area (Å²) in [5.41, 5.74) is 2.71. The molecule has 2 amide bonds. The Morgan fingerprint density at radius 2 is 1.78 bits per heavy atom. The van der Waals surface area contributed by atoms with Gasteiger partial charge in [0.05, 0.1) is 41.1 Å². The highest BCUT2D eigenvalue weighted by Gasteiger charge is 2.36. The minimum absolute atomic E-state index is 0.106. The predicted molar refractivity (Wildman–Crippen MR) is 149 cm³/mol. The molecule has 37 heavy (non-hydrogen) atoms. The fourth-order valence-electron chi connectivity index (χ4n) is 4.01. The number of carbonyl (C=O) groups is 2. The monoisotopic (exact) mass is 530 g/mol. The second-order valence-corrected chi connectivity index (χ2v) is 10.6. The van der Waals surface area contributed by atoms with Crippen LogP contribution in [0.5, 0.6) is 5.75 Å². The van der Waals surface area contributed by atoms with Crippen molar-refractivity contribution < 1.29 is 14.3 Å². The third kappa shape index (κ3) is 6.05. The molecule has 3 aromatic rings. The van der Waals surface area contributed by atoms with Gasteiger partial charge in [-0.15, -0.1) is 11.3 Å². The van der Waals surface area contributed by atoms with Crippen molar-refractivity contribution >= 4 is 46.3 Å². The van der Waals surface area contributed by atoms with Gasteiger partial charge in [-0.1, -0.05) is 42.1 Å². The van der Waals surface area contributed by atoms with Crippen molar-refractivity contribution in [2.24, 2.45) is 0 Å². The first kappa shape index (κ1) is 26.1. The van der Waals surface area contributed by atoms with Crippen molar-refractivity contribution in [3.63, 3.8) is 0 Å². The second kappa shape index (κ2) is 11.8. The molecule has 0 radical (unpaired) electrons. The molecule has 2 aromatic carbocycles. The largest absolute Gasteiger partial charge is 0.495 e. The van der Waals surface area contributed by atoms with E-state index in [-0.39, 0.29) is 17.6 Å². The lowest BCUT2D eigenvalue weighted by Crippen LogP contribution is -2.31. The summed E-state index contributed by atoms with van der Waals surface area (Å²) in [6.45, 7) is 3.79. The number of methoxy groups -OCH3 is 1. The van der Waals surface area contributed by atoms with Crippen LogP contribution in [-0.2, 0) is 9.59 Å². The number of benzene rings is 2. The van der Waals surface area contributed by atoms with E-state index < -0.39 is 5.92 Å². The summed E-state index contributed by atoms with van der Waals surface area (Å²) in [7, 11) is 1.54. The number of nitriles is 1. The van der Waals surface area contributed by atoms with Crippen LogP contribution < -0.4 is 20.7 Å². The van der Waals surface area contributed by atoms with E-state index in [1.165, 1.54) is 23.1 Å². The van der Waals surface area contributed by atoms with Gasteiger partial charge in [0, 0.05) is 26.7 Å². The Labute approximate surface area is 224 Å². The van der Waals surface area contributed by atoms with Gasteiger partial charge in [0.2, 0.25) is 5.91 Å². The molecule has 188 valence electrons. The maximum absolute atomic E-state index is 13.6. The zero-order valence-electron chi connectivity index (χ0n) is 20.6. The first-order valence-corrected chi connectivity index (χ1v) is 13.3. The normalized spacial score (nSPS) is 15.0. The van der Waals surface area contributed by atoms with E-state index in [4.69, 9.17) is 4.74 Å². The minimum Gasteiger partial charge on any atom is -0.495 e. The lowest BCUT2D eigenvalue weighted by molar-refractivity contribution is -0.114. The van der Waals surface area contributed by atoms with Crippen LogP contribution in [-0.4, -0.2) is 24.7 Å². The minimum atomic E-state index is -0.570. The van der Waals surface area contributed by atoms with E-state index in [9.17, 15) is 14.9 Å². The molecule has 0 aliphatic carbocycles. The average Bonchev–Trinajstić information content (AvgIpc) is 3.33. The van der Waals surface area contributed by atoms with Crippen molar-refractivity contribution in [2.45, 2.75) is 19.8 Å². The number of anilines is 2. The standard InChI is InChI=1S/C28H26N4O3S2/c1-17-13-14-23(37-17)26-20(15-29)28(36-16-24(33)31-19-9-5-4-6-10-19)30-18(2)25(26)27(34)32-21-11-7-8-12-22(21)35-3/h4-14,26,30H,16H2,1-3H3,(H,31,33)(H,32,34)/t26-/m0/s1. The molecule has 1 aromatic heterocycles. The third-order valence-corrected chi connectivity index (χ3v) is 7.78. The average molecular weight is 531 g/mol. The number of nitrogens with zero attached hydrogens (tertiary/aromatic N) is 1. The van der Waals surface area contributed by atoms with Gasteiger partial charge in [0.15, 0.2) is 0 Å². The van der Waals surface area contributed by atoms with Crippen LogP contribution in [0.25, 0.3) is 0 Å². The molecule has 0 saturated carbocycles. The summed E-state index contributed by atoms with van der Waals surface area (Å²) in [6, 6.07) is 22.6. The maximum Gasteiger partial charge on any atom is 0.254 e. The fraction of sp³-hybridized carbons (Fsp3) is 0.179. The van der Waals surface area contributed by atoms with Gasteiger partial charge in [-0.2, -0.15) is 5.26 Å². The summed E-state index contributed by atoms with van der Waals surface area (Å²) in [6.07, 6.45) is 0. The molecule has 9 heteroatoms. The van der Waals surface area contributed by atoms with Crippen molar-refractivity contribution in [1.29, 1.82) is 5.26 Å². The van der Waals surface area contributed by atoms with Crippen LogP contribution in [0.4, 0.5) is 11.4 Å². The zero-order chi connectivity index (χ0) is 26.4. The van der Waals surface area contributed by atoms with Crippen LogP contribution in [0.3, 0.4) is 0 Å². The number of ether oxygens (including phenoxy) is 1. The summed E-state index contributed by atoms with van der Waals surface area (Å²) in [5.74, 6) is -0.441. The van der Waals surface area contributed by atoms with E-state index in [1.54, 1.807) is 19.2 Å². The van der Waals surface area contributed by atoms with E-state index >= 15 is 0 Å². The molecule has 0 fully saturated rings. The lowest BCUT2D eigenvalue weighted by Gasteiger charge is -2.29. The number of hydrogen-bond acceptors (Lipinski definition) is 7. The molecule has 0 saturated heterocycles. The van der Waals surface area contributed by atoms with Gasteiger partial charge in [-0.3, -0.25) is 9.59 Å². The molecular formula is C28H26N4O3S2. The summed E-state index contributed by atoms with van der Waals surface area (Å²) in [4.78, 5) is 28.1. The SMILES string of the molecule is COc1ccccc1NC(=O)C1=C(C)NC(SCC(=O)Nc2ccccc2)=C(C#N)[C@H]1c1ccc(C)s1. The highest BCUT2D eigenvalue weighted by atomic mass is 32.2. The summed E-state index contributed by atoms with van der Waals surface area (Å²) in [5, 5.41) is 19.8. The van der Waals surface area contributed by atoms with Crippen molar-refractivity contribution in [3.8, 4) is 11.8 Å². The van der Waals surface area contributed by atoms with Crippen LogP contribution >= 0.6 is 23.1 Å². The zero-order valence-corrected chi connectivity index (χ0v) is 22.3. The Kier molecular flexibility index (Phi) is 8.33. The fourth-order valence-corrected chi connectivity index (χ4v) is 5.90. The lowest BCUT2D eigenvalue weighted by atomic mass is 9.86. The highest BCUT2D eigenvalue weighted by Crippen LogP contribution is 2.43. The number of nitrogens with one attached hydrogen (secondary N) is 3. The summed E-state index contributed by atoms with van der Waals surface area (Å²) >= 11 is 2.78. The molecule has 7 nitrogen and oxygen atoms in total. The van der Waals surface area contributed by atoms with E-state index in [0.717, 1.165) is 9.75 Å². The Morgan fingerprint density at radius 1 is 1.05 bits per heavy atom. The second-order valence-electron chi connectivity index (χ2n) is 8.26. The van der Waals surface area contributed by atoms with Crippen LogP contribution in [0.15, 0.2) is 88.6 Å². The Balaban J connectivity index is 1.63. The number of thioether (sulfide) groups is 1. The Hall–Kier alpha value is -4.00. The highest BCUT2D eigenvalue weighted by molar-refractivity contribution is 8.03. The topological polar surface area (TPSA) is 103 Å². The van der Waals surface area contributed by atoms with Crippen LogP contribution in [0, 0.1) is 18.3 Å². The van der Waals surface area contributed by atoms with Crippen molar-refractivity contribution in [1.82, 2.24) is 5.32 Å². The first-order chi connectivity index (χ1) is 17.9. The van der Waals surface area contributed by atoms with E-state index in [2.05, 4.69) is 22.0 Å². The molecule has 4 rings (SSSR count). The van der Waals surface area contributed by atoms with Crippen molar-refractivity contribution in [2.75, 3.05) is 23.5 Å². The number of allylic oxidation sites excluding steroid dienone is 2. The number of amides is 2. The molecule has 1 atom stereocenters.